The fourth-order valence-electron chi connectivity index (χ4n) is 2.82. The third-order valence-corrected chi connectivity index (χ3v) is 4.16. The minimum Gasteiger partial charge on any atom is -0.378 e. The zero-order valence-electron chi connectivity index (χ0n) is 12.3. The summed E-state index contributed by atoms with van der Waals surface area (Å²) in [5.74, 6) is 2.83. The summed E-state index contributed by atoms with van der Waals surface area (Å²) >= 11 is 3.50. The van der Waals surface area contributed by atoms with Gasteiger partial charge < -0.3 is 9.30 Å². The summed E-state index contributed by atoms with van der Waals surface area (Å²) in [4.78, 5) is 0. The number of halogens is 1. The lowest BCUT2D eigenvalue weighted by Gasteiger charge is -2.35. The molecule has 5 heteroatoms. The van der Waals surface area contributed by atoms with E-state index in [1.165, 1.54) is 0 Å². The molecule has 2 rings (SSSR count). The van der Waals surface area contributed by atoms with Crippen molar-refractivity contribution in [3.63, 3.8) is 0 Å². The van der Waals surface area contributed by atoms with E-state index in [0.717, 1.165) is 42.8 Å². The van der Waals surface area contributed by atoms with Crippen molar-refractivity contribution >= 4 is 15.9 Å². The van der Waals surface area contributed by atoms with Crippen LogP contribution in [0.15, 0.2) is 0 Å². The Hall–Kier alpha value is -0.420. The van der Waals surface area contributed by atoms with Gasteiger partial charge in [0.15, 0.2) is 0 Å². The number of aromatic nitrogens is 3. The highest BCUT2D eigenvalue weighted by Gasteiger charge is 2.32. The Kier molecular flexibility index (Phi) is 4.66. The summed E-state index contributed by atoms with van der Waals surface area (Å²) in [5, 5.41) is 9.44. The molecular formula is C14H24BrN3O. The van der Waals surface area contributed by atoms with Crippen LogP contribution in [0.25, 0.3) is 0 Å². The Bertz CT molecular complexity index is 419. The van der Waals surface area contributed by atoms with Crippen molar-refractivity contribution in [1.29, 1.82) is 0 Å². The van der Waals surface area contributed by atoms with Gasteiger partial charge in [-0.15, -0.1) is 10.2 Å². The molecule has 0 radical (unpaired) electrons. The van der Waals surface area contributed by atoms with E-state index in [1.54, 1.807) is 0 Å². The first-order chi connectivity index (χ1) is 8.95. The molecule has 1 aliphatic rings. The lowest BCUT2D eigenvalue weighted by molar-refractivity contribution is -0.0249. The third-order valence-electron chi connectivity index (χ3n) is 3.65. The Morgan fingerprint density at radius 1 is 1.26 bits per heavy atom. The molecule has 0 unspecified atom stereocenters. The second-order valence-corrected chi connectivity index (χ2v) is 6.85. The normalized spacial score (nSPS) is 23.4. The van der Waals surface area contributed by atoms with Crippen LogP contribution in [-0.4, -0.2) is 27.5 Å². The second-order valence-electron chi connectivity index (χ2n) is 6.29. The van der Waals surface area contributed by atoms with Crippen LogP contribution in [-0.2, 0) is 22.0 Å². The zero-order valence-corrected chi connectivity index (χ0v) is 13.9. The zero-order chi connectivity index (χ0) is 14.0. The van der Waals surface area contributed by atoms with Crippen LogP contribution in [0.1, 0.15) is 52.2 Å². The van der Waals surface area contributed by atoms with Gasteiger partial charge in [0.05, 0.1) is 11.4 Å². The number of ether oxygens (including phenoxy) is 1. The summed E-state index contributed by atoms with van der Waals surface area (Å²) in [6, 6.07) is 0. The van der Waals surface area contributed by atoms with Crippen molar-refractivity contribution < 1.29 is 4.74 Å². The Morgan fingerprint density at radius 2 is 1.89 bits per heavy atom. The van der Waals surface area contributed by atoms with Gasteiger partial charge in [-0.05, 0) is 46.5 Å². The van der Waals surface area contributed by atoms with E-state index in [-0.39, 0.29) is 5.54 Å². The Morgan fingerprint density at radius 3 is 2.42 bits per heavy atom. The van der Waals surface area contributed by atoms with Crippen molar-refractivity contribution in [2.75, 3.05) is 6.61 Å². The molecule has 19 heavy (non-hydrogen) atoms. The highest BCUT2D eigenvalue weighted by molar-refractivity contribution is 9.08. The fourth-order valence-corrected chi connectivity index (χ4v) is 3.18. The highest BCUT2D eigenvalue weighted by Crippen LogP contribution is 2.33. The maximum absolute atomic E-state index is 5.62. The molecular weight excluding hydrogens is 306 g/mol. The maximum Gasteiger partial charge on any atom is 0.144 e. The van der Waals surface area contributed by atoms with Crippen molar-refractivity contribution in [1.82, 2.24) is 14.8 Å². The van der Waals surface area contributed by atoms with Crippen LogP contribution >= 0.6 is 15.9 Å². The number of hydrogen-bond acceptors (Lipinski definition) is 3. The van der Waals surface area contributed by atoms with E-state index in [9.17, 15) is 0 Å². The van der Waals surface area contributed by atoms with E-state index in [0.29, 0.717) is 12.0 Å². The minimum atomic E-state index is 0.0327. The van der Waals surface area contributed by atoms with Crippen molar-refractivity contribution in [3.05, 3.63) is 11.6 Å². The van der Waals surface area contributed by atoms with Crippen LogP contribution < -0.4 is 0 Å². The van der Waals surface area contributed by atoms with Gasteiger partial charge in [0.25, 0.3) is 0 Å². The predicted octanol–water partition coefficient (Wildman–Crippen LogP) is 3.29. The number of hydrogen-bond donors (Lipinski definition) is 0. The molecule has 108 valence electrons. The maximum atomic E-state index is 5.62. The molecule has 0 bridgehead atoms. The fraction of sp³-hybridized carbons (Fsp3) is 0.857. The van der Waals surface area contributed by atoms with E-state index in [2.05, 4.69) is 58.4 Å². The van der Waals surface area contributed by atoms with Gasteiger partial charge >= 0.3 is 0 Å². The molecule has 0 saturated heterocycles. The molecule has 1 aromatic rings. The third kappa shape index (κ3) is 3.37. The lowest BCUT2D eigenvalue weighted by atomic mass is 9.79. The van der Waals surface area contributed by atoms with Crippen LogP contribution in [0.2, 0.25) is 0 Å². The summed E-state index contributed by atoms with van der Waals surface area (Å²) < 4.78 is 7.89. The first kappa shape index (κ1) is 15.0. The van der Waals surface area contributed by atoms with Gasteiger partial charge in [-0.2, -0.15) is 0 Å². The molecule has 1 aliphatic carbocycles. The molecule has 1 fully saturated rings. The molecule has 0 aliphatic heterocycles. The van der Waals surface area contributed by atoms with Crippen LogP contribution in [0.4, 0.5) is 0 Å². The van der Waals surface area contributed by atoms with E-state index in [4.69, 9.17) is 4.74 Å². The van der Waals surface area contributed by atoms with Gasteiger partial charge in [0.2, 0.25) is 0 Å². The molecule has 1 heterocycles. The summed E-state index contributed by atoms with van der Waals surface area (Å²) in [6.45, 7) is 9.50. The Balaban J connectivity index is 2.04. The van der Waals surface area contributed by atoms with Gasteiger partial charge in [-0.3, -0.25) is 0 Å². The molecule has 0 amide bonds. The smallest absolute Gasteiger partial charge is 0.144 e. The van der Waals surface area contributed by atoms with E-state index >= 15 is 0 Å². The quantitative estimate of drug-likeness (QED) is 0.778. The first-order valence-corrected chi connectivity index (χ1v) is 8.19. The molecule has 1 saturated carbocycles. The number of nitrogens with zero attached hydrogens (tertiary/aromatic N) is 3. The first-order valence-electron chi connectivity index (χ1n) is 7.07. The molecule has 4 nitrogen and oxygen atoms in total. The second kappa shape index (κ2) is 5.92. The van der Waals surface area contributed by atoms with Crippen LogP contribution in [0, 0.1) is 5.92 Å². The molecule has 0 N–H and O–H groups in total. The minimum absolute atomic E-state index is 0.0327. The van der Waals surface area contributed by atoms with Crippen molar-refractivity contribution in [2.45, 2.75) is 63.9 Å². The van der Waals surface area contributed by atoms with Gasteiger partial charge in [0, 0.05) is 18.6 Å². The lowest BCUT2D eigenvalue weighted by Crippen LogP contribution is -2.34. The molecule has 0 spiro atoms. The van der Waals surface area contributed by atoms with Gasteiger partial charge in [-0.1, -0.05) is 15.9 Å². The van der Waals surface area contributed by atoms with E-state index < -0.39 is 0 Å². The average Bonchev–Trinajstić information content (AvgIpc) is 2.69. The van der Waals surface area contributed by atoms with Crippen molar-refractivity contribution in [2.24, 2.45) is 5.92 Å². The van der Waals surface area contributed by atoms with Crippen LogP contribution in [0.3, 0.4) is 0 Å². The molecule has 0 aromatic carbocycles. The standard InChI is InChI=1S/C14H24BrN3O/c1-5-19-11-6-10(7-11)8-12-16-17-13(9-15)18(12)14(2,3)4/h10-11H,5-9H2,1-4H3. The van der Waals surface area contributed by atoms with Gasteiger partial charge in [0.1, 0.15) is 11.6 Å². The number of alkyl halides is 1. The SMILES string of the molecule is CCOC1CC(Cc2nnc(CBr)n2C(C)(C)C)C1. The topological polar surface area (TPSA) is 39.9 Å². The summed E-state index contributed by atoms with van der Waals surface area (Å²) in [5.41, 5.74) is 0.0327. The highest BCUT2D eigenvalue weighted by atomic mass is 79.9. The number of rotatable bonds is 5. The van der Waals surface area contributed by atoms with Gasteiger partial charge in [-0.25, -0.2) is 0 Å². The molecule has 0 atom stereocenters. The van der Waals surface area contributed by atoms with Crippen molar-refractivity contribution in [3.8, 4) is 0 Å². The molecule has 1 aromatic heterocycles. The Labute approximate surface area is 124 Å². The summed E-state index contributed by atoms with van der Waals surface area (Å²) in [7, 11) is 0. The average molecular weight is 330 g/mol. The van der Waals surface area contributed by atoms with Crippen LogP contribution in [0.5, 0.6) is 0 Å². The van der Waals surface area contributed by atoms with E-state index in [1.807, 2.05) is 0 Å². The largest absolute Gasteiger partial charge is 0.378 e. The monoisotopic (exact) mass is 329 g/mol. The summed E-state index contributed by atoms with van der Waals surface area (Å²) in [6.07, 6.45) is 3.81. The predicted molar refractivity (Wildman–Crippen MR) is 79.5 cm³/mol.